The van der Waals surface area contributed by atoms with E-state index in [9.17, 15) is 4.79 Å². The van der Waals surface area contributed by atoms with Gasteiger partial charge in [-0.2, -0.15) is 0 Å². The Labute approximate surface area is 124 Å². The number of rotatable bonds is 3. The van der Waals surface area contributed by atoms with Gasteiger partial charge in [-0.15, -0.1) is 11.3 Å². The molecule has 4 heteroatoms. The summed E-state index contributed by atoms with van der Waals surface area (Å²) in [5, 5.41) is 3.03. The summed E-state index contributed by atoms with van der Waals surface area (Å²) >= 11 is 1.64. The molecule has 0 unspecified atom stereocenters. The van der Waals surface area contributed by atoms with Crippen molar-refractivity contribution in [2.75, 3.05) is 7.05 Å². The van der Waals surface area contributed by atoms with Crippen LogP contribution < -0.4 is 0 Å². The van der Waals surface area contributed by atoms with Crippen LogP contribution in [0, 0.1) is 23.2 Å². The Bertz CT molecular complexity index is 475. The summed E-state index contributed by atoms with van der Waals surface area (Å²) in [6.07, 6.45) is 9.46. The van der Waals surface area contributed by atoms with Gasteiger partial charge in [0.25, 0.3) is 0 Å². The van der Waals surface area contributed by atoms with E-state index in [1.54, 1.807) is 11.3 Å². The zero-order chi connectivity index (χ0) is 13.7. The smallest absolute Gasteiger partial charge is 0.228 e. The second-order valence-electron chi connectivity index (χ2n) is 7.28. The summed E-state index contributed by atoms with van der Waals surface area (Å²) in [6, 6.07) is 0. The van der Waals surface area contributed by atoms with Crippen molar-refractivity contribution in [3.05, 3.63) is 16.6 Å². The number of hydrogen-bond acceptors (Lipinski definition) is 3. The van der Waals surface area contributed by atoms with E-state index in [4.69, 9.17) is 0 Å². The van der Waals surface area contributed by atoms with E-state index in [1.807, 2.05) is 23.5 Å². The van der Waals surface area contributed by atoms with Crippen LogP contribution in [-0.4, -0.2) is 22.8 Å². The lowest BCUT2D eigenvalue weighted by Crippen LogP contribution is -2.53. The Morgan fingerprint density at radius 3 is 2.40 bits per heavy atom. The monoisotopic (exact) mass is 290 g/mol. The number of carbonyl (C=O) groups excluding carboxylic acids is 1. The van der Waals surface area contributed by atoms with Crippen molar-refractivity contribution in [3.63, 3.8) is 0 Å². The minimum atomic E-state index is -0.0131. The van der Waals surface area contributed by atoms with E-state index in [0.29, 0.717) is 12.5 Å². The first kappa shape index (κ1) is 12.8. The van der Waals surface area contributed by atoms with Crippen LogP contribution in [0.3, 0.4) is 0 Å². The molecule has 0 radical (unpaired) electrons. The molecule has 5 rings (SSSR count). The van der Waals surface area contributed by atoms with Gasteiger partial charge in [-0.3, -0.25) is 4.79 Å². The Balaban J connectivity index is 1.53. The maximum Gasteiger partial charge on any atom is 0.228 e. The summed E-state index contributed by atoms with van der Waals surface area (Å²) in [5.41, 5.74) is -0.0131. The zero-order valence-corrected chi connectivity index (χ0v) is 12.9. The van der Waals surface area contributed by atoms with E-state index in [2.05, 4.69) is 4.98 Å². The number of thiazole rings is 1. The molecule has 1 aromatic rings. The predicted octanol–water partition coefficient (Wildman–Crippen LogP) is 3.32. The quantitative estimate of drug-likeness (QED) is 0.855. The first-order chi connectivity index (χ1) is 9.64. The lowest BCUT2D eigenvalue weighted by atomic mass is 9.49. The molecule has 0 aromatic carbocycles. The molecule has 4 fully saturated rings. The van der Waals surface area contributed by atoms with Crippen molar-refractivity contribution in [1.82, 2.24) is 9.88 Å². The predicted molar refractivity (Wildman–Crippen MR) is 79.2 cm³/mol. The van der Waals surface area contributed by atoms with E-state index >= 15 is 0 Å². The highest BCUT2D eigenvalue weighted by molar-refractivity contribution is 7.09. The van der Waals surface area contributed by atoms with Gasteiger partial charge in [0.05, 0.1) is 12.0 Å². The zero-order valence-electron chi connectivity index (χ0n) is 12.0. The van der Waals surface area contributed by atoms with Crippen LogP contribution in [0.25, 0.3) is 0 Å². The highest BCUT2D eigenvalue weighted by atomic mass is 32.1. The van der Waals surface area contributed by atoms with Gasteiger partial charge < -0.3 is 4.90 Å². The average molecular weight is 290 g/mol. The Hall–Kier alpha value is -0.900. The molecule has 3 nitrogen and oxygen atoms in total. The van der Waals surface area contributed by atoms with Gasteiger partial charge in [0.15, 0.2) is 0 Å². The Morgan fingerprint density at radius 1 is 1.30 bits per heavy atom. The van der Waals surface area contributed by atoms with Gasteiger partial charge in [-0.25, -0.2) is 4.98 Å². The van der Waals surface area contributed by atoms with Crippen LogP contribution in [0.5, 0.6) is 0 Å². The van der Waals surface area contributed by atoms with Crippen molar-refractivity contribution in [2.45, 2.75) is 45.1 Å². The fraction of sp³-hybridized carbons (Fsp3) is 0.750. The summed E-state index contributed by atoms with van der Waals surface area (Å²) in [4.78, 5) is 19.3. The number of carbonyl (C=O) groups is 1. The Kier molecular flexibility index (Phi) is 2.92. The fourth-order valence-electron chi connectivity index (χ4n) is 5.38. The maximum atomic E-state index is 13.0. The van der Waals surface area contributed by atoms with Crippen molar-refractivity contribution < 1.29 is 4.79 Å². The summed E-state index contributed by atoms with van der Waals surface area (Å²) < 4.78 is 0. The highest BCUT2D eigenvalue weighted by Gasteiger charge is 2.55. The maximum absolute atomic E-state index is 13.0. The van der Waals surface area contributed by atoms with Crippen LogP contribution in [-0.2, 0) is 11.3 Å². The van der Waals surface area contributed by atoms with Crippen molar-refractivity contribution in [1.29, 1.82) is 0 Å². The van der Waals surface area contributed by atoms with E-state index in [1.165, 1.54) is 19.3 Å². The van der Waals surface area contributed by atoms with Crippen LogP contribution >= 0.6 is 11.3 Å². The van der Waals surface area contributed by atoms with E-state index in [-0.39, 0.29) is 5.41 Å². The molecule has 0 saturated heterocycles. The molecule has 4 saturated carbocycles. The fourth-order valence-corrected chi connectivity index (χ4v) is 6.05. The average Bonchev–Trinajstić information content (AvgIpc) is 2.89. The molecule has 0 atom stereocenters. The number of amides is 1. The van der Waals surface area contributed by atoms with Gasteiger partial charge in [0.2, 0.25) is 5.91 Å². The third kappa shape index (κ3) is 2.00. The summed E-state index contributed by atoms with van der Waals surface area (Å²) in [6.45, 7) is 0.679. The second kappa shape index (κ2) is 4.55. The van der Waals surface area contributed by atoms with Crippen LogP contribution in [0.2, 0.25) is 0 Å². The minimum Gasteiger partial charge on any atom is -0.339 e. The number of hydrogen-bond donors (Lipinski definition) is 0. The van der Waals surface area contributed by atoms with Gasteiger partial charge in [-0.05, 0) is 56.3 Å². The molecule has 0 aliphatic heterocycles. The minimum absolute atomic E-state index is 0.0131. The lowest BCUT2D eigenvalue weighted by Gasteiger charge is -2.56. The summed E-state index contributed by atoms with van der Waals surface area (Å²) in [7, 11) is 1.96. The SMILES string of the molecule is CN(Cc1nccs1)C(=O)C12CC3CC(CC(C3)C1)C2. The van der Waals surface area contributed by atoms with Gasteiger partial charge in [0, 0.05) is 18.6 Å². The molecular weight excluding hydrogens is 268 g/mol. The molecule has 1 amide bonds. The highest BCUT2D eigenvalue weighted by Crippen LogP contribution is 2.60. The van der Waals surface area contributed by atoms with Gasteiger partial charge in [-0.1, -0.05) is 0 Å². The van der Waals surface area contributed by atoms with Crippen LogP contribution in [0.15, 0.2) is 11.6 Å². The third-order valence-electron chi connectivity index (χ3n) is 5.69. The van der Waals surface area contributed by atoms with Crippen molar-refractivity contribution in [3.8, 4) is 0 Å². The number of aromatic nitrogens is 1. The van der Waals surface area contributed by atoms with Crippen molar-refractivity contribution in [2.24, 2.45) is 23.2 Å². The standard InChI is InChI=1S/C16H22N2OS/c1-18(10-14-17-2-3-20-14)15(19)16-7-11-4-12(8-16)6-13(5-11)9-16/h2-3,11-13H,4-10H2,1H3. The number of nitrogens with zero attached hydrogens (tertiary/aromatic N) is 2. The van der Waals surface area contributed by atoms with E-state index in [0.717, 1.165) is 42.0 Å². The van der Waals surface area contributed by atoms with Crippen LogP contribution in [0.4, 0.5) is 0 Å². The van der Waals surface area contributed by atoms with Gasteiger partial charge >= 0.3 is 0 Å². The Morgan fingerprint density at radius 2 is 1.90 bits per heavy atom. The molecule has 1 heterocycles. The summed E-state index contributed by atoms with van der Waals surface area (Å²) in [5.74, 6) is 2.89. The molecule has 4 aliphatic rings. The largest absolute Gasteiger partial charge is 0.339 e. The molecule has 4 aliphatic carbocycles. The molecule has 0 spiro atoms. The second-order valence-corrected chi connectivity index (χ2v) is 8.26. The van der Waals surface area contributed by atoms with E-state index < -0.39 is 0 Å². The normalized spacial score (nSPS) is 38.1. The molecule has 0 N–H and O–H groups in total. The molecule has 20 heavy (non-hydrogen) atoms. The first-order valence-corrected chi connectivity index (χ1v) is 8.66. The molecule has 4 bridgehead atoms. The topological polar surface area (TPSA) is 33.2 Å². The third-order valence-corrected chi connectivity index (χ3v) is 6.46. The lowest BCUT2D eigenvalue weighted by molar-refractivity contribution is -0.156. The van der Waals surface area contributed by atoms with Crippen molar-refractivity contribution >= 4 is 17.2 Å². The van der Waals surface area contributed by atoms with Crippen LogP contribution in [0.1, 0.15) is 43.5 Å². The van der Waals surface area contributed by atoms with Gasteiger partial charge in [0.1, 0.15) is 5.01 Å². The molecular formula is C16H22N2OS. The first-order valence-electron chi connectivity index (χ1n) is 7.78. The molecule has 1 aromatic heterocycles. The molecule has 108 valence electrons.